The maximum Gasteiger partial charge on any atom is 0.170 e. The van der Waals surface area contributed by atoms with Crippen LogP contribution in [0.1, 0.15) is 22.9 Å². The molecule has 1 unspecified atom stereocenters. The summed E-state index contributed by atoms with van der Waals surface area (Å²) in [6.07, 6.45) is -0.442. The lowest BCUT2D eigenvalue weighted by atomic mass is 10.0. The fourth-order valence-corrected chi connectivity index (χ4v) is 5.02. The van der Waals surface area contributed by atoms with E-state index >= 15 is 0 Å². The van der Waals surface area contributed by atoms with Gasteiger partial charge in [0.25, 0.3) is 0 Å². The summed E-state index contributed by atoms with van der Waals surface area (Å²) in [5, 5.41) is 8.51. The average molecular weight is 486 g/mol. The molecule has 1 aliphatic rings. The van der Waals surface area contributed by atoms with Crippen LogP contribution in [-0.4, -0.2) is 11.7 Å². The third kappa shape index (κ3) is 3.55. The van der Waals surface area contributed by atoms with E-state index in [0.717, 1.165) is 50.3 Å². The molecule has 1 aromatic heterocycles. The van der Waals surface area contributed by atoms with Crippen molar-refractivity contribution < 1.29 is 4.42 Å². The number of hydrogen-bond donors (Lipinski definition) is 1. The predicted octanol–water partition coefficient (Wildman–Crippen LogP) is 7.89. The molecule has 7 rings (SSSR count). The largest absolute Gasteiger partial charge is 0.456 e. The van der Waals surface area contributed by atoms with Gasteiger partial charge in [0.15, 0.2) is 6.17 Å². The third-order valence-electron chi connectivity index (χ3n) is 6.58. The van der Waals surface area contributed by atoms with Gasteiger partial charge in [-0.15, -0.1) is 0 Å². The quantitative estimate of drug-likeness (QED) is 0.277. The summed E-state index contributed by atoms with van der Waals surface area (Å²) in [7, 11) is 0. The van der Waals surface area contributed by atoms with Gasteiger partial charge in [0.1, 0.15) is 22.8 Å². The molecule has 4 nitrogen and oxygen atoms in total. The zero-order valence-corrected chi connectivity index (χ0v) is 19.9. The Balaban J connectivity index is 1.43. The van der Waals surface area contributed by atoms with E-state index in [2.05, 4.69) is 66.0 Å². The van der Waals surface area contributed by atoms with E-state index in [0.29, 0.717) is 5.02 Å². The van der Waals surface area contributed by atoms with Crippen LogP contribution in [-0.2, 0) is 0 Å². The highest BCUT2D eigenvalue weighted by atomic mass is 35.5. The molecule has 172 valence electrons. The molecular formula is C31H20ClN3O. The van der Waals surface area contributed by atoms with Crippen molar-refractivity contribution >= 4 is 56.0 Å². The van der Waals surface area contributed by atoms with Gasteiger partial charge in [-0.25, -0.2) is 9.98 Å². The summed E-state index contributed by atoms with van der Waals surface area (Å²) in [5.41, 5.74) is 4.55. The molecule has 6 aromatic rings. The number of fused-ring (bicyclic) bond motifs is 4. The number of hydrogen-bond acceptors (Lipinski definition) is 4. The Morgan fingerprint density at radius 2 is 1.42 bits per heavy atom. The number of furan rings is 1. The molecule has 1 N–H and O–H groups in total. The zero-order chi connectivity index (χ0) is 24.1. The molecular weight excluding hydrogens is 466 g/mol. The van der Waals surface area contributed by atoms with Gasteiger partial charge >= 0.3 is 0 Å². The summed E-state index contributed by atoms with van der Waals surface area (Å²) in [6.45, 7) is 0. The van der Waals surface area contributed by atoms with E-state index in [9.17, 15) is 0 Å². The average Bonchev–Trinajstić information content (AvgIpc) is 3.30. The van der Waals surface area contributed by atoms with Crippen molar-refractivity contribution in [2.75, 3.05) is 0 Å². The van der Waals surface area contributed by atoms with Crippen molar-refractivity contribution in [3.8, 4) is 0 Å². The van der Waals surface area contributed by atoms with Crippen molar-refractivity contribution in [2.24, 2.45) is 9.98 Å². The molecule has 0 radical (unpaired) electrons. The number of halogens is 1. The Kier molecular flexibility index (Phi) is 4.86. The first-order valence-electron chi connectivity index (χ1n) is 11.8. The Morgan fingerprint density at radius 1 is 0.639 bits per heavy atom. The van der Waals surface area contributed by atoms with Gasteiger partial charge in [-0.05, 0) is 35.0 Å². The van der Waals surface area contributed by atoms with Crippen LogP contribution < -0.4 is 5.32 Å². The number of aliphatic imine (C=N–C) groups is 2. The Morgan fingerprint density at radius 3 is 2.28 bits per heavy atom. The van der Waals surface area contributed by atoms with E-state index in [1.54, 1.807) is 0 Å². The van der Waals surface area contributed by atoms with Gasteiger partial charge in [0.2, 0.25) is 0 Å². The molecule has 0 aliphatic carbocycles. The van der Waals surface area contributed by atoms with Gasteiger partial charge < -0.3 is 9.73 Å². The second-order valence-electron chi connectivity index (χ2n) is 8.84. The van der Waals surface area contributed by atoms with E-state index in [1.807, 2.05) is 48.5 Å². The van der Waals surface area contributed by atoms with Crippen molar-refractivity contribution in [2.45, 2.75) is 6.17 Å². The summed E-state index contributed by atoms with van der Waals surface area (Å²) in [4.78, 5) is 10.2. The van der Waals surface area contributed by atoms with E-state index in [4.69, 9.17) is 26.0 Å². The van der Waals surface area contributed by atoms with Gasteiger partial charge in [0.05, 0.1) is 0 Å². The smallest absolute Gasteiger partial charge is 0.170 e. The topological polar surface area (TPSA) is 49.9 Å². The van der Waals surface area contributed by atoms with Crippen molar-refractivity contribution in [3.05, 3.63) is 131 Å². The molecule has 1 atom stereocenters. The highest BCUT2D eigenvalue weighted by molar-refractivity contribution is 6.31. The molecule has 5 aromatic carbocycles. The minimum absolute atomic E-state index is 0.442. The lowest BCUT2D eigenvalue weighted by Crippen LogP contribution is -2.36. The van der Waals surface area contributed by atoms with Crippen LogP contribution in [0.3, 0.4) is 0 Å². The number of benzene rings is 5. The number of amidine groups is 2. The lowest BCUT2D eigenvalue weighted by molar-refractivity contribution is 0.667. The first-order chi connectivity index (χ1) is 17.7. The molecule has 2 heterocycles. The van der Waals surface area contributed by atoms with Crippen LogP contribution in [0.4, 0.5) is 0 Å². The Bertz CT molecular complexity index is 1840. The van der Waals surface area contributed by atoms with Crippen LogP contribution in [0.2, 0.25) is 5.02 Å². The number of nitrogens with zero attached hydrogens (tertiary/aromatic N) is 2. The fraction of sp³-hybridized carbons (Fsp3) is 0.0323. The maximum atomic E-state index is 6.24. The minimum Gasteiger partial charge on any atom is -0.456 e. The maximum absolute atomic E-state index is 6.24. The summed E-state index contributed by atoms with van der Waals surface area (Å²) >= 11 is 6.24. The first kappa shape index (κ1) is 20.9. The first-order valence-corrected chi connectivity index (χ1v) is 12.2. The van der Waals surface area contributed by atoms with Crippen LogP contribution in [0, 0.1) is 0 Å². The monoisotopic (exact) mass is 485 g/mol. The second-order valence-corrected chi connectivity index (χ2v) is 9.28. The van der Waals surface area contributed by atoms with E-state index < -0.39 is 6.17 Å². The number of nitrogens with one attached hydrogen (secondary N) is 1. The molecule has 36 heavy (non-hydrogen) atoms. The molecule has 5 heteroatoms. The third-order valence-corrected chi connectivity index (χ3v) is 6.81. The molecule has 0 bridgehead atoms. The predicted molar refractivity (Wildman–Crippen MR) is 148 cm³/mol. The second kappa shape index (κ2) is 8.36. The SMILES string of the molecule is Clc1ccc2c(c1)oc1cccc(C3N=C(c4ccccc4)NC(c4ccc5ccccc5c4)=N3)c12. The summed E-state index contributed by atoms with van der Waals surface area (Å²) in [5.74, 6) is 1.57. The van der Waals surface area contributed by atoms with Crippen molar-refractivity contribution in [1.82, 2.24) is 5.32 Å². The molecule has 0 spiro atoms. The highest BCUT2D eigenvalue weighted by Crippen LogP contribution is 2.37. The lowest BCUT2D eigenvalue weighted by Gasteiger charge is -2.23. The summed E-state index contributed by atoms with van der Waals surface area (Å²) in [6, 6.07) is 36.7. The van der Waals surface area contributed by atoms with E-state index in [-0.39, 0.29) is 0 Å². The van der Waals surface area contributed by atoms with Gasteiger partial charge in [-0.2, -0.15) is 0 Å². The zero-order valence-electron chi connectivity index (χ0n) is 19.2. The molecule has 0 fully saturated rings. The van der Waals surface area contributed by atoms with Crippen molar-refractivity contribution in [3.63, 3.8) is 0 Å². The van der Waals surface area contributed by atoms with Gasteiger partial charge in [-0.1, -0.05) is 90.5 Å². The van der Waals surface area contributed by atoms with Crippen LogP contribution >= 0.6 is 11.6 Å². The molecule has 0 amide bonds. The number of rotatable bonds is 3. The van der Waals surface area contributed by atoms with Crippen LogP contribution in [0.25, 0.3) is 32.7 Å². The highest BCUT2D eigenvalue weighted by Gasteiger charge is 2.24. The normalized spacial score (nSPS) is 15.6. The van der Waals surface area contributed by atoms with Gasteiger partial charge in [0, 0.05) is 38.6 Å². The van der Waals surface area contributed by atoms with Gasteiger partial charge in [-0.3, -0.25) is 0 Å². The van der Waals surface area contributed by atoms with Crippen LogP contribution in [0.5, 0.6) is 0 Å². The summed E-state index contributed by atoms with van der Waals surface area (Å²) < 4.78 is 6.14. The standard InChI is InChI=1S/C31H20ClN3O/c32-23-15-16-24-27(18-23)36-26-12-6-11-25(28(24)26)31-34-29(20-8-2-1-3-9-20)33-30(35-31)22-14-13-19-7-4-5-10-21(19)17-22/h1-18,31H,(H,33,34,35). The molecule has 0 saturated carbocycles. The fourth-order valence-electron chi connectivity index (χ4n) is 4.86. The van der Waals surface area contributed by atoms with Crippen LogP contribution in [0.15, 0.2) is 124 Å². The van der Waals surface area contributed by atoms with Crippen molar-refractivity contribution in [1.29, 1.82) is 0 Å². The van der Waals surface area contributed by atoms with E-state index in [1.165, 1.54) is 10.8 Å². The Hall–Kier alpha value is -4.41. The molecule has 1 aliphatic heterocycles. The molecule has 0 saturated heterocycles. The Labute approximate surface area is 212 Å². The minimum atomic E-state index is -0.442.